The van der Waals surface area contributed by atoms with Gasteiger partial charge in [0.2, 0.25) is 11.9 Å². The highest BCUT2D eigenvalue weighted by molar-refractivity contribution is 8.00. The second-order valence-corrected chi connectivity index (χ2v) is 17.5. The lowest BCUT2D eigenvalue weighted by atomic mass is 9.75. The second kappa shape index (κ2) is 18.0. The topological polar surface area (TPSA) is 210 Å². The molecular formula is C42H34N8O6S4. The first-order chi connectivity index (χ1) is 29.2. The minimum absolute atomic E-state index is 0.0313. The van der Waals surface area contributed by atoms with E-state index in [1.54, 1.807) is 72.8 Å². The maximum Gasteiger partial charge on any atom is 0.232 e. The van der Waals surface area contributed by atoms with Gasteiger partial charge in [-0.05, 0) is 34.8 Å². The van der Waals surface area contributed by atoms with Crippen LogP contribution in [0.15, 0.2) is 93.4 Å². The Morgan fingerprint density at radius 1 is 0.433 bits per heavy atom. The van der Waals surface area contributed by atoms with Crippen LogP contribution in [0.25, 0.3) is 11.1 Å². The number of carbonyl (C=O) groups is 4. The molecule has 60 heavy (non-hydrogen) atoms. The van der Waals surface area contributed by atoms with Crippen LogP contribution in [0.4, 0.5) is 23.3 Å². The molecule has 0 unspecified atom stereocenters. The van der Waals surface area contributed by atoms with Crippen molar-refractivity contribution in [2.24, 2.45) is 0 Å². The molecule has 2 aliphatic rings. The number of carbonyl (C=O) groups excluding carboxylic acids is 4. The minimum atomic E-state index is -0.453. The summed E-state index contributed by atoms with van der Waals surface area (Å²) in [7, 11) is 0. The Bertz CT molecular complexity index is 2680. The number of anilines is 4. The standard InChI is InChI=1S/C42H34N8O6S4/c1-3-57-39-45-37(46-40(49-39)58-4-2)43-27-15-13-21(29-31(27)35(55)25-11-7-5-9-23(25)33(29)53)22-14-16-28(32-30(22)34(54)24-10-6-8-12-26(24)36(32)56)44-38-47-41(59-19-17-51)50-42(48-38)60-20-18-52/h5-16,51-52H,3-4,17-20H2,1-2H3,(H,43,45,46,49)(H,44,47,48,50). The summed E-state index contributed by atoms with van der Waals surface area (Å²) in [5.41, 5.74) is 2.06. The SMILES string of the molecule is CCSc1nc(Nc2ccc(-c3ccc(Nc4nc(SCCO)nc(SCCO)n4)c4c3C(=O)c3ccccc3C4=O)c3c2C(=O)c2ccccc2C3=O)nc(SCC)n1. The van der Waals surface area contributed by atoms with Gasteiger partial charge in [-0.3, -0.25) is 19.2 Å². The van der Waals surface area contributed by atoms with Gasteiger partial charge in [-0.2, -0.15) is 29.9 Å². The van der Waals surface area contributed by atoms with Gasteiger partial charge in [0.05, 0.1) is 35.7 Å². The van der Waals surface area contributed by atoms with Gasteiger partial charge < -0.3 is 20.8 Å². The third kappa shape index (κ3) is 7.93. The van der Waals surface area contributed by atoms with E-state index in [-0.39, 0.29) is 92.1 Å². The van der Waals surface area contributed by atoms with Crippen molar-refractivity contribution in [3.8, 4) is 11.1 Å². The van der Waals surface area contributed by atoms with Gasteiger partial charge in [0.15, 0.2) is 43.8 Å². The van der Waals surface area contributed by atoms with Crippen molar-refractivity contribution < 1.29 is 29.4 Å². The summed E-state index contributed by atoms with van der Waals surface area (Å²) in [6.07, 6.45) is 0. The molecule has 0 saturated carbocycles. The largest absolute Gasteiger partial charge is 0.396 e. The Hall–Kier alpha value is -5.50. The number of aliphatic hydroxyl groups is 2. The van der Waals surface area contributed by atoms with Crippen LogP contribution in [-0.4, -0.2) is 99.5 Å². The molecule has 0 saturated heterocycles. The molecule has 18 heteroatoms. The molecule has 0 spiro atoms. The van der Waals surface area contributed by atoms with E-state index >= 15 is 0 Å². The number of nitrogens with one attached hydrogen (secondary N) is 2. The average Bonchev–Trinajstić information content (AvgIpc) is 3.26. The van der Waals surface area contributed by atoms with Crippen LogP contribution in [0.1, 0.15) is 77.5 Å². The molecule has 2 heterocycles. The van der Waals surface area contributed by atoms with E-state index in [1.165, 1.54) is 47.0 Å². The number of hydrogen-bond donors (Lipinski definition) is 4. The highest BCUT2D eigenvalue weighted by Crippen LogP contribution is 2.44. The molecule has 302 valence electrons. The van der Waals surface area contributed by atoms with E-state index in [4.69, 9.17) is 0 Å². The first-order valence-corrected chi connectivity index (χ1v) is 22.7. The van der Waals surface area contributed by atoms with Crippen LogP contribution in [0.5, 0.6) is 0 Å². The number of hydrogen-bond acceptors (Lipinski definition) is 18. The molecule has 4 N–H and O–H groups in total. The van der Waals surface area contributed by atoms with Gasteiger partial charge in [0.25, 0.3) is 0 Å². The fraction of sp³-hybridized carbons (Fsp3) is 0.190. The Morgan fingerprint density at radius 2 is 0.767 bits per heavy atom. The Labute approximate surface area is 360 Å². The zero-order chi connectivity index (χ0) is 41.9. The van der Waals surface area contributed by atoms with Gasteiger partial charge >= 0.3 is 0 Å². The van der Waals surface area contributed by atoms with E-state index in [1.807, 2.05) is 13.8 Å². The number of aromatic nitrogens is 6. The summed E-state index contributed by atoms with van der Waals surface area (Å²) in [6.45, 7) is 3.75. The Kier molecular flexibility index (Phi) is 12.4. The van der Waals surface area contributed by atoms with Crippen LogP contribution in [0.2, 0.25) is 0 Å². The third-order valence-corrected chi connectivity index (χ3v) is 12.4. The van der Waals surface area contributed by atoms with Crippen molar-refractivity contribution in [2.75, 3.05) is 46.9 Å². The van der Waals surface area contributed by atoms with E-state index in [2.05, 4.69) is 40.5 Å². The predicted molar refractivity (Wildman–Crippen MR) is 233 cm³/mol. The van der Waals surface area contributed by atoms with Crippen molar-refractivity contribution in [3.05, 3.63) is 117 Å². The van der Waals surface area contributed by atoms with Crippen LogP contribution in [-0.2, 0) is 0 Å². The first-order valence-electron chi connectivity index (χ1n) is 18.7. The van der Waals surface area contributed by atoms with E-state index < -0.39 is 23.1 Å². The van der Waals surface area contributed by atoms with Gasteiger partial charge in [0, 0.05) is 44.9 Å². The molecule has 6 aromatic rings. The maximum absolute atomic E-state index is 14.7. The number of nitrogens with zero attached hydrogens (tertiary/aromatic N) is 6. The van der Waals surface area contributed by atoms with Crippen molar-refractivity contribution in [3.63, 3.8) is 0 Å². The average molecular weight is 875 g/mol. The summed E-state index contributed by atoms with van der Waals surface area (Å²) in [4.78, 5) is 85.7. The number of fused-ring (bicyclic) bond motifs is 4. The molecular weight excluding hydrogens is 841 g/mol. The van der Waals surface area contributed by atoms with Crippen molar-refractivity contribution in [1.82, 2.24) is 29.9 Å². The predicted octanol–water partition coefficient (Wildman–Crippen LogP) is 7.15. The number of aliphatic hydroxyl groups excluding tert-OH is 2. The normalized spacial score (nSPS) is 12.8. The number of benzene rings is 4. The van der Waals surface area contributed by atoms with Crippen LogP contribution < -0.4 is 10.6 Å². The second-order valence-electron chi connectivity index (χ2n) is 12.9. The molecule has 0 aliphatic heterocycles. The van der Waals surface area contributed by atoms with Crippen LogP contribution in [0, 0.1) is 0 Å². The van der Waals surface area contributed by atoms with Crippen LogP contribution in [0.3, 0.4) is 0 Å². The molecule has 8 rings (SSSR count). The summed E-state index contributed by atoms with van der Waals surface area (Å²) in [5.74, 6) is 0.616. The van der Waals surface area contributed by atoms with E-state index in [0.29, 0.717) is 32.1 Å². The zero-order valence-electron chi connectivity index (χ0n) is 32.0. The summed E-state index contributed by atoms with van der Waals surface area (Å²) < 4.78 is 0. The van der Waals surface area contributed by atoms with E-state index in [0.717, 1.165) is 11.5 Å². The fourth-order valence-corrected chi connectivity index (χ4v) is 9.31. The molecule has 0 amide bonds. The molecule has 2 aliphatic carbocycles. The molecule has 14 nitrogen and oxygen atoms in total. The molecule has 4 aromatic carbocycles. The maximum atomic E-state index is 14.7. The molecule has 0 fully saturated rings. The molecule has 0 radical (unpaired) electrons. The summed E-state index contributed by atoms with van der Waals surface area (Å²) >= 11 is 5.29. The quantitative estimate of drug-likeness (QED) is 0.0753. The number of rotatable bonds is 15. The van der Waals surface area contributed by atoms with Gasteiger partial charge in [-0.25, -0.2) is 0 Å². The summed E-state index contributed by atoms with van der Waals surface area (Å²) in [5, 5.41) is 26.9. The fourth-order valence-electron chi connectivity index (χ4n) is 6.92. The number of ketones is 4. The monoisotopic (exact) mass is 874 g/mol. The molecule has 0 bridgehead atoms. The molecule has 2 aromatic heterocycles. The number of thioether (sulfide) groups is 4. The lowest BCUT2D eigenvalue weighted by Crippen LogP contribution is -2.25. The van der Waals surface area contributed by atoms with Crippen molar-refractivity contribution >= 4 is 93.5 Å². The zero-order valence-corrected chi connectivity index (χ0v) is 35.3. The highest BCUT2D eigenvalue weighted by atomic mass is 32.2. The first kappa shape index (κ1) is 41.2. The van der Waals surface area contributed by atoms with Gasteiger partial charge in [-0.15, -0.1) is 0 Å². The highest BCUT2D eigenvalue weighted by Gasteiger charge is 2.38. The smallest absolute Gasteiger partial charge is 0.232 e. The lowest BCUT2D eigenvalue weighted by Gasteiger charge is -2.26. The van der Waals surface area contributed by atoms with Gasteiger partial charge in [-0.1, -0.05) is 122 Å². The molecule has 0 atom stereocenters. The lowest BCUT2D eigenvalue weighted by molar-refractivity contribution is 0.0978. The van der Waals surface area contributed by atoms with Crippen molar-refractivity contribution in [1.29, 1.82) is 0 Å². The Balaban J connectivity index is 1.32. The minimum Gasteiger partial charge on any atom is -0.396 e. The van der Waals surface area contributed by atoms with Crippen molar-refractivity contribution in [2.45, 2.75) is 34.5 Å². The summed E-state index contributed by atoms with van der Waals surface area (Å²) in [6, 6.07) is 19.7. The third-order valence-electron chi connectivity index (χ3n) is 9.32. The Morgan fingerprint density at radius 3 is 1.10 bits per heavy atom. The van der Waals surface area contributed by atoms with E-state index in [9.17, 15) is 29.4 Å². The van der Waals surface area contributed by atoms with Crippen LogP contribution >= 0.6 is 47.0 Å². The van der Waals surface area contributed by atoms with Gasteiger partial charge in [0.1, 0.15) is 0 Å².